The number of allylic oxidation sites excluding steroid dienone is 1. The molecule has 0 unspecified atom stereocenters. The number of carbonyl (C=O) groups is 1. The van der Waals surface area contributed by atoms with Crippen LogP contribution in [0.2, 0.25) is 0 Å². The molecule has 2 bridgehead atoms. The molecule has 3 fully saturated rings. The van der Waals surface area contributed by atoms with Gasteiger partial charge in [-0.3, -0.25) is 4.79 Å². The fourth-order valence-electron chi connectivity index (χ4n) is 7.03. The van der Waals surface area contributed by atoms with Gasteiger partial charge >= 0.3 is 0 Å². The van der Waals surface area contributed by atoms with Crippen LogP contribution >= 0.6 is 0 Å². The quantitative estimate of drug-likeness (QED) is 0.770. The zero-order valence-corrected chi connectivity index (χ0v) is 16.7. The van der Waals surface area contributed by atoms with Crippen LogP contribution in [-0.2, 0) is 9.53 Å². The lowest BCUT2D eigenvalue weighted by molar-refractivity contribution is -0.191. The number of carbonyl (C=O) groups excluding carboxylic acids is 1. The normalized spacial score (nSPS) is 53.0. The van der Waals surface area contributed by atoms with E-state index < -0.39 is 11.5 Å². The van der Waals surface area contributed by atoms with E-state index in [0.29, 0.717) is 24.5 Å². The first-order valence-corrected chi connectivity index (χ1v) is 10.0. The molecule has 142 valence electrons. The van der Waals surface area contributed by atoms with Gasteiger partial charge in [0, 0.05) is 23.9 Å². The largest absolute Gasteiger partial charge is 0.393 e. The molecule has 3 aliphatic carbocycles. The average molecular weight is 349 g/mol. The van der Waals surface area contributed by atoms with E-state index in [-0.39, 0.29) is 28.8 Å². The lowest BCUT2D eigenvalue weighted by atomic mass is 9.44. The Labute approximate surface area is 153 Å². The van der Waals surface area contributed by atoms with Gasteiger partial charge in [0.15, 0.2) is 0 Å². The molecule has 3 aliphatic rings. The first kappa shape index (κ1) is 19.1. The Morgan fingerprint density at radius 2 is 1.92 bits per heavy atom. The van der Waals surface area contributed by atoms with Crippen molar-refractivity contribution in [1.82, 2.24) is 0 Å². The molecule has 0 heterocycles. The van der Waals surface area contributed by atoms with Gasteiger partial charge in [0.25, 0.3) is 0 Å². The average Bonchev–Trinajstić information content (AvgIpc) is 2.97. The first-order valence-electron chi connectivity index (χ1n) is 10.0. The van der Waals surface area contributed by atoms with E-state index in [9.17, 15) is 9.90 Å². The number of Topliss-reactive ketones (excluding diaryl/α,β-unsaturated/α-hetero) is 1. The van der Waals surface area contributed by atoms with Crippen molar-refractivity contribution >= 4 is 5.78 Å². The molecular weight excluding hydrogens is 312 g/mol. The molecule has 0 saturated heterocycles. The van der Waals surface area contributed by atoms with Gasteiger partial charge in [0.1, 0.15) is 5.78 Å². The molecular formula is C22H36O3. The molecule has 8 atom stereocenters. The van der Waals surface area contributed by atoms with E-state index in [4.69, 9.17) is 4.74 Å². The number of methoxy groups -OCH3 is 1. The maximum Gasteiger partial charge on any atom is 0.142 e. The molecule has 0 aromatic carbocycles. The molecule has 3 rings (SSSR count). The summed E-state index contributed by atoms with van der Waals surface area (Å²) in [5.41, 5.74) is -0.738. The zero-order chi connectivity index (χ0) is 18.6. The second-order valence-corrected chi connectivity index (χ2v) is 9.69. The van der Waals surface area contributed by atoms with Crippen molar-refractivity contribution in [2.45, 2.75) is 78.4 Å². The highest BCUT2D eigenvalue weighted by molar-refractivity contribution is 5.87. The van der Waals surface area contributed by atoms with Gasteiger partial charge in [-0.25, -0.2) is 0 Å². The van der Waals surface area contributed by atoms with Crippen molar-refractivity contribution in [2.24, 2.45) is 34.0 Å². The van der Waals surface area contributed by atoms with Crippen molar-refractivity contribution in [3.63, 3.8) is 0 Å². The Bertz CT molecular complexity index is 557. The molecule has 25 heavy (non-hydrogen) atoms. The Hall–Kier alpha value is -0.670. The third-order valence-electron chi connectivity index (χ3n) is 8.77. The molecule has 3 saturated carbocycles. The van der Waals surface area contributed by atoms with Crippen molar-refractivity contribution in [3.05, 3.63) is 12.7 Å². The molecule has 1 N–H and O–H groups in total. The zero-order valence-electron chi connectivity index (χ0n) is 16.7. The van der Waals surface area contributed by atoms with E-state index >= 15 is 0 Å². The van der Waals surface area contributed by atoms with Crippen LogP contribution in [0, 0.1) is 34.0 Å². The van der Waals surface area contributed by atoms with Gasteiger partial charge in [-0.05, 0) is 55.8 Å². The van der Waals surface area contributed by atoms with Crippen LogP contribution in [-0.4, -0.2) is 30.2 Å². The topological polar surface area (TPSA) is 46.5 Å². The van der Waals surface area contributed by atoms with Crippen LogP contribution < -0.4 is 0 Å². The minimum absolute atomic E-state index is 0.0157. The highest BCUT2D eigenvalue weighted by Crippen LogP contribution is 2.68. The predicted octanol–water partition coefficient (Wildman–Crippen LogP) is 4.39. The van der Waals surface area contributed by atoms with Crippen molar-refractivity contribution in [1.29, 1.82) is 0 Å². The fraction of sp³-hybridized carbons (Fsp3) is 0.864. The number of rotatable bonds is 3. The molecule has 3 heteroatoms. The number of aliphatic hydroxyl groups excluding tert-OH is 1. The third kappa shape index (κ3) is 2.41. The first-order chi connectivity index (χ1) is 11.7. The highest BCUT2D eigenvalue weighted by Gasteiger charge is 2.67. The Morgan fingerprint density at radius 1 is 1.28 bits per heavy atom. The van der Waals surface area contributed by atoms with Crippen LogP contribution in [0.5, 0.6) is 0 Å². The summed E-state index contributed by atoms with van der Waals surface area (Å²) in [7, 11) is 1.80. The Kier molecular flexibility index (Phi) is 4.73. The van der Waals surface area contributed by atoms with Gasteiger partial charge in [0.2, 0.25) is 0 Å². The molecule has 3 nitrogen and oxygen atoms in total. The summed E-state index contributed by atoms with van der Waals surface area (Å²) >= 11 is 0. The third-order valence-corrected chi connectivity index (χ3v) is 8.77. The molecule has 0 radical (unpaired) electrons. The summed E-state index contributed by atoms with van der Waals surface area (Å²) in [6.45, 7) is 12.6. The lowest BCUT2D eigenvalue weighted by Gasteiger charge is -2.61. The van der Waals surface area contributed by atoms with Crippen LogP contribution in [0.25, 0.3) is 0 Å². The highest BCUT2D eigenvalue weighted by atomic mass is 16.5. The number of ketones is 1. The standard InChI is InChI=1S/C22H36O3/c1-7-10-20(4)13-17(23)21(5)14(2)8-11-22(15(3)19(20)24)12-9-16(25-6)18(21)22/h7,14-18,23H,1,8-13H2,2-6H3/t14-,15-,16+,17+,18+,20+,21-,22-/m0/s1. The summed E-state index contributed by atoms with van der Waals surface area (Å²) in [6.07, 6.45) is 6.93. The molecule has 0 aromatic rings. The van der Waals surface area contributed by atoms with Crippen LogP contribution in [0.4, 0.5) is 0 Å². The molecule has 0 aliphatic heterocycles. The maximum atomic E-state index is 13.6. The van der Waals surface area contributed by atoms with Gasteiger partial charge < -0.3 is 9.84 Å². The smallest absolute Gasteiger partial charge is 0.142 e. The lowest BCUT2D eigenvalue weighted by Crippen LogP contribution is -2.62. The summed E-state index contributed by atoms with van der Waals surface area (Å²) in [6, 6.07) is 0. The van der Waals surface area contributed by atoms with Crippen LogP contribution in [0.1, 0.15) is 66.2 Å². The minimum Gasteiger partial charge on any atom is -0.393 e. The second-order valence-electron chi connectivity index (χ2n) is 9.69. The molecule has 0 aromatic heterocycles. The van der Waals surface area contributed by atoms with Gasteiger partial charge in [0.05, 0.1) is 12.2 Å². The van der Waals surface area contributed by atoms with Crippen molar-refractivity contribution < 1.29 is 14.6 Å². The summed E-state index contributed by atoms with van der Waals surface area (Å²) in [5.74, 6) is 1.03. The van der Waals surface area contributed by atoms with E-state index in [1.807, 2.05) is 13.0 Å². The monoisotopic (exact) mass is 348 g/mol. The van der Waals surface area contributed by atoms with E-state index in [2.05, 4.69) is 27.4 Å². The van der Waals surface area contributed by atoms with E-state index in [0.717, 1.165) is 25.7 Å². The number of aliphatic hydroxyl groups is 1. The molecule has 0 amide bonds. The van der Waals surface area contributed by atoms with Crippen LogP contribution in [0.15, 0.2) is 12.7 Å². The summed E-state index contributed by atoms with van der Waals surface area (Å²) in [4.78, 5) is 13.6. The SMILES string of the molecule is C=CC[C@]1(C)C[C@@H](O)[C@]2(C)[C@@H](C)CC[C@]3(CC[C@@H](OC)[C@@H]32)[C@@H](C)C1=O. The predicted molar refractivity (Wildman–Crippen MR) is 100 cm³/mol. The molecule has 0 spiro atoms. The fourth-order valence-corrected chi connectivity index (χ4v) is 7.03. The van der Waals surface area contributed by atoms with E-state index in [1.165, 1.54) is 0 Å². The van der Waals surface area contributed by atoms with Crippen molar-refractivity contribution in [2.75, 3.05) is 7.11 Å². The number of hydrogen-bond donors (Lipinski definition) is 1. The Balaban J connectivity index is 2.18. The number of hydrogen-bond acceptors (Lipinski definition) is 3. The van der Waals surface area contributed by atoms with Gasteiger partial charge in [-0.1, -0.05) is 33.8 Å². The van der Waals surface area contributed by atoms with Crippen LogP contribution in [0.3, 0.4) is 0 Å². The summed E-state index contributed by atoms with van der Waals surface area (Å²) < 4.78 is 5.91. The van der Waals surface area contributed by atoms with Gasteiger partial charge in [-0.2, -0.15) is 0 Å². The second kappa shape index (κ2) is 6.20. The van der Waals surface area contributed by atoms with Crippen molar-refractivity contribution in [3.8, 4) is 0 Å². The minimum atomic E-state index is -0.512. The van der Waals surface area contributed by atoms with E-state index in [1.54, 1.807) is 7.11 Å². The summed E-state index contributed by atoms with van der Waals surface area (Å²) in [5, 5.41) is 11.4. The maximum absolute atomic E-state index is 13.6. The van der Waals surface area contributed by atoms with Gasteiger partial charge in [-0.15, -0.1) is 6.58 Å². The number of ether oxygens (including phenoxy) is 1. The Morgan fingerprint density at radius 3 is 2.52 bits per heavy atom.